The first kappa shape index (κ1) is 21.2. The zero-order valence-electron chi connectivity index (χ0n) is 16.0. The Balaban J connectivity index is 2.58. The maximum Gasteiger partial charge on any atom is 0.341 e. The van der Waals surface area contributed by atoms with Crippen molar-refractivity contribution in [2.75, 3.05) is 6.61 Å². The smallest absolute Gasteiger partial charge is 0.341 e. The van der Waals surface area contributed by atoms with E-state index in [1.54, 1.807) is 44.2 Å². The number of carbonyl (C=O) groups excluding carboxylic acids is 3. The number of aliphatic hydroxyl groups is 1. The maximum absolute atomic E-state index is 12.9. The number of allylic oxidation sites excluding steroid dienone is 2. The van der Waals surface area contributed by atoms with Crippen LogP contribution in [0.1, 0.15) is 51.9 Å². The van der Waals surface area contributed by atoms with Crippen LogP contribution in [0, 0.1) is 6.92 Å². The van der Waals surface area contributed by atoms with Crippen molar-refractivity contribution in [3.63, 3.8) is 0 Å². The Hall–Kier alpha value is -3.13. The molecule has 0 saturated carbocycles. The lowest BCUT2D eigenvalue weighted by Crippen LogP contribution is -2.07. The second kappa shape index (κ2) is 9.18. The van der Waals surface area contributed by atoms with E-state index in [1.165, 1.54) is 13.8 Å². The van der Waals surface area contributed by atoms with E-state index in [0.717, 1.165) is 11.3 Å². The Morgan fingerprint density at radius 1 is 1.14 bits per heavy atom. The molecule has 0 aliphatic heterocycles. The Kier molecular flexibility index (Phi) is 6.94. The number of azo groups is 1. The van der Waals surface area contributed by atoms with E-state index in [-0.39, 0.29) is 34.4 Å². The molecule has 1 aromatic heterocycles. The number of benzene rings is 1. The van der Waals surface area contributed by atoms with E-state index >= 15 is 0 Å². The van der Waals surface area contributed by atoms with Crippen molar-refractivity contribution in [2.45, 2.75) is 27.7 Å². The molecule has 0 atom stereocenters. The first-order valence-electron chi connectivity index (χ1n) is 8.50. The molecule has 1 N–H and O–H groups in total. The summed E-state index contributed by atoms with van der Waals surface area (Å²) in [6.07, 6.45) is 0. The van der Waals surface area contributed by atoms with Gasteiger partial charge in [0.25, 0.3) is 0 Å². The van der Waals surface area contributed by atoms with Gasteiger partial charge in [0, 0.05) is 12.5 Å². The van der Waals surface area contributed by atoms with Crippen molar-refractivity contribution in [3.8, 4) is 0 Å². The van der Waals surface area contributed by atoms with E-state index in [0.29, 0.717) is 16.0 Å². The molecule has 2 rings (SSSR count). The van der Waals surface area contributed by atoms with Crippen LogP contribution >= 0.6 is 11.3 Å². The minimum Gasteiger partial charge on any atom is -0.510 e. The molecule has 2 aromatic rings. The molecule has 0 bridgehead atoms. The van der Waals surface area contributed by atoms with Gasteiger partial charge in [-0.15, -0.1) is 21.6 Å². The number of hydrogen-bond donors (Lipinski definition) is 1. The largest absolute Gasteiger partial charge is 0.510 e. The molecule has 0 fully saturated rings. The van der Waals surface area contributed by atoms with Gasteiger partial charge in [0.2, 0.25) is 5.78 Å². The number of aliphatic hydroxyl groups excluding tert-OH is 1. The lowest BCUT2D eigenvalue weighted by atomic mass is 10.0. The van der Waals surface area contributed by atoms with Gasteiger partial charge in [-0.05, 0) is 26.3 Å². The summed E-state index contributed by atoms with van der Waals surface area (Å²) in [6.45, 7) is 6.01. The summed E-state index contributed by atoms with van der Waals surface area (Å²) in [7, 11) is 0. The third kappa shape index (κ3) is 4.58. The standard InChI is InChI=1S/C20H20N2O5S/c1-5-27-20(26)15-11(2)18(17(25)14-9-7-6-8-10-14)28-19(15)22-21-16(12(3)23)13(4)24/h6-10,23H,5H2,1-4H3/b16-12-,22-21?. The first-order valence-corrected chi connectivity index (χ1v) is 9.32. The predicted molar refractivity (Wildman–Crippen MR) is 105 cm³/mol. The van der Waals surface area contributed by atoms with Gasteiger partial charge in [0.15, 0.2) is 16.5 Å². The molecule has 0 aliphatic rings. The quantitative estimate of drug-likeness (QED) is 0.233. The van der Waals surface area contributed by atoms with Crippen LogP contribution in [0.15, 0.2) is 52.0 Å². The topological polar surface area (TPSA) is 105 Å². The van der Waals surface area contributed by atoms with Crippen LogP contribution in [-0.2, 0) is 9.53 Å². The van der Waals surface area contributed by atoms with Crippen molar-refractivity contribution >= 4 is 33.9 Å². The van der Waals surface area contributed by atoms with Crippen LogP contribution in [0.3, 0.4) is 0 Å². The summed E-state index contributed by atoms with van der Waals surface area (Å²) in [5.74, 6) is -1.65. The number of rotatable bonds is 7. The van der Waals surface area contributed by atoms with Crippen LogP contribution < -0.4 is 0 Å². The second-order valence-electron chi connectivity index (χ2n) is 5.84. The molecule has 28 heavy (non-hydrogen) atoms. The number of carbonyl (C=O) groups is 3. The molecule has 1 heterocycles. The highest BCUT2D eigenvalue weighted by atomic mass is 32.1. The summed E-state index contributed by atoms with van der Waals surface area (Å²) in [6, 6.07) is 8.65. The number of hydrogen-bond acceptors (Lipinski definition) is 8. The SMILES string of the molecule is CCOC(=O)c1c(N=N/C(C(C)=O)=C(/C)O)sc(C(=O)c2ccccc2)c1C. The molecule has 1 aromatic carbocycles. The minimum atomic E-state index is -0.633. The summed E-state index contributed by atoms with van der Waals surface area (Å²) in [5.41, 5.74) is 0.798. The molecule has 0 amide bonds. The molecule has 0 saturated heterocycles. The number of ketones is 2. The number of thiophene rings is 1. The maximum atomic E-state index is 12.9. The Morgan fingerprint density at radius 2 is 1.79 bits per heavy atom. The van der Waals surface area contributed by atoms with Gasteiger partial charge in [0.1, 0.15) is 11.3 Å². The summed E-state index contributed by atoms with van der Waals surface area (Å²) in [4.78, 5) is 37.2. The average Bonchev–Trinajstić information content (AvgIpc) is 2.98. The first-order chi connectivity index (χ1) is 13.3. The number of nitrogens with zero attached hydrogens (tertiary/aromatic N) is 2. The van der Waals surface area contributed by atoms with Crippen LogP contribution in [0.5, 0.6) is 0 Å². The van der Waals surface area contributed by atoms with Gasteiger partial charge in [-0.2, -0.15) is 0 Å². The van der Waals surface area contributed by atoms with Crippen LogP contribution in [0.2, 0.25) is 0 Å². The molecule has 8 heteroatoms. The van der Waals surface area contributed by atoms with Gasteiger partial charge in [-0.3, -0.25) is 9.59 Å². The molecule has 7 nitrogen and oxygen atoms in total. The molecule has 0 radical (unpaired) electrons. The Morgan fingerprint density at radius 3 is 2.32 bits per heavy atom. The monoisotopic (exact) mass is 400 g/mol. The van der Waals surface area contributed by atoms with Crippen molar-refractivity contribution < 1.29 is 24.2 Å². The minimum absolute atomic E-state index is 0.119. The predicted octanol–water partition coefficient (Wildman–Crippen LogP) is 4.93. The normalized spacial score (nSPS) is 12.0. The third-order valence-electron chi connectivity index (χ3n) is 3.77. The highest BCUT2D eigenvalue weighted by Crippen LogP contribution is 2.37. The lowest BCUT2D eigenvalue weighted by molar-refractivity contribution is -0.113. The van der Waals surface area contributed by atoms with E-state index in [4.69, 9.17) is 4.74 Å². The number of esters is 1. The highest BCUT2D eigenvalue weighted by molar-refractivity contribution is 7.18. The summed E-state index contributed by atoms with van der Waals surface area (Å²) in [5, 5.41) is 17.5. The zero-order valence-corrected chi connectivity index (χ0v) is 16.8. The van der Waals surface area contributed by atoms with E-state index in [1.807, 2.05) is 0 Å². The lowest BCUT2D eigenvalue weighted by Gasteiger charge is -2.03. The fraction of sp³-hybridized carbons (Fsp3) is 0.250. The van der Waals surface area contributed by atoms with Crippen LogP contribution in [-0.4, -0.2) is 29.2 Å². The Bertz CT molecular complexity index is 970. The van der Waals surface area contributed by atoms with Crippen molar-refractivity contribution in [1.82, 2.24) is 0 Å². The van der Waals surface area contributed by atoms with Gasteiger partial charge in [-0.25, -0.2) is 4.79 Å². The molecular weight excluding hydrogens is 380 g/mol. The molecule has 146 valence electrons. The Labute approximate surface area is 166 Å². The third-order valence-corrected chi connectivity index (χ3v) is 4.94. The fourth-order valence-corrected chi connectivity index (χ4v) is 3.52. The van der Waals surface area contributed by atoms with E-state index in [9.17, 15) is 19.5 Å². The van der Waals surface area contributed by atoms with Crippen LogP contribution in [0.4, 0.5) is 5.00 Å². The van der Waals surface area contributed by atoms with Crippen molar-refractivity contribution in [1.29, 1.82) is 0 Å². The average molecular weight is 400 g/mol. The molecule has 0 spiro atoms. The van der Waals surface area contributed by atoms with Gasteiger partial charge in [-0.1, -0.05) is 30.3 Å². The van der Waals surface area contributed by atoms with E-state index in [2.05, 4.69) is 10.2 Å². The van der Waals surface area contributed by atoms with Gasteiger partial charge < -0.3 is 9.84 Å². The molecule has 0 unspecified atom stereocenters. The van der Waals surface area contributed by atoms with Crippen LogP contribution in [0.25, 0.3) is 0 Å². The van der Waals surface area contributed by atoms with Gasteiger partial charge in [0.05, 0.1) is 11.5 Å². The number of ether oxygens (including phenoxy) is 1. The van der Waals surface area contributed by atoms with E-state index < -0.39 is 11.8 Å². The zero-order chi connectivity index (χ0) is 20.8. The highest BCUT2D eigenvalue weighted by Gasteiger charge is 2.26. The molecule has 0 aliphatic carbocycles. The van der Waals surface area contributed by atoms with Crippen molar-refractivity contribution in [3.05, 3.63) is 63.4 Å². The van der Waals surface area contributed by atoms with Crippen molar-refractivity contribution in [2.24, 2.45) is 10.2 Å². The summed E-state index contributed by atoms with van der Waals surface area (Å²) < 4.78 is 5.08. The fourth-order valence-electron chi connectivity index (χ4n) is 2.44. The van der Waals surface area contributed by atoms with Gasteiger partial charge >= 0.3 is 5.97 Å². The summed E-state index contributed by atoms with van der Waals surface area (Å²) >= 11 is 0.982. The second-order valence-corrected chi connectivity index (χ2v) is 6.84. The molecular formula is C20H20N2O5S. The number of Topliss-reactive ketones (excluding diaryl/α,β-unsaturated/α-hetero) is 1.